The van der Waals surface area contributed by atoms with Crippen molar-refractivity contribution in [1.82, 2.24) is 9.97 Å². The van der Waals surface area contributed by atoms with E-state index in [2.05, 4.69) is 9.97 Å². The second-order valence-corrected chi connectivity index (χ2v) is 5.03. The van der Waals surface area contributed by atoms with E-state index in [0.29, 0.717) is 0 Å². The summed E-state index contributed by atoms with van der Waals surface area (Å²) in [4.78, 5) is 4.67. The lowest BCUT2D eigenvalue weighted by molar-refractivity contribution is 0.143. The van der Waals surface area contributed by atoms with Gasteiger partial charge in [0.15, 0.2) is 0 Å². The van der Waals surface area contributed by atoms with Crippen molar-refractivity contribution in [2.45, 2.75) is 4.93 Å². The summed E-state index contributed by atoms with van der Waals surface area (Å²) in [5, 5.41) is 10.3. The number of rotatable bonds is 3. The summed E-state index contributed by atoms with van der Waals surface area (Å²) >= 11 is 0. The van der Waals surface area contributed by atoms with Crippen LogP contribution in [0.1, 0.15) is 11.4 Å². The molecule has 0 aliphatic heterocycles. The molecule has 1 N–H and O–H groups in total. The van der Waals surface area contributed by atoms with Gasteiger partial charge >= 0.3 is 0 Å². The smallest absolute Gasteiger partial charge is 0.239 e. The Morgan fingerprint density at radius 1 is 1.00 bits per heavy atom. The number of hydrogen-bond donors (Lipinski definition) is 1. The van der Waals surface area contributed by atoms with Gasteiger partial charge in [-0.05, 0) is 24.3 Å². The van der Waals surface area contributed by atoms with Crippen LogP contribution in [0.15, 0.2) is 48.8 Å². The molecule has 0 amide bonds. The Morgan fingerprint density at radius 2 is 1.44 bits per heavy atom. The van der Waals surface area contributed by atoms with Gasteiger partial charge in [0.2, 0.25) is 4.93 Å². The molecule has 6 nitrogen and oxygen atoms in total. The zero-order chi connectivity index (χ0) is 13.2. The molecule has 0 unspecified atom stereocenters. The zero-order valence-corrected chi connectivity index (χ0v) is 9.91. The summed E-state index contributed by atoms with van der Waals surface area (Å²) in [6.45, 7) is 0. The normalized spacial score (nSPS) is 12.3. The van der Waals surface area contributed by atoms with E-state index >= 15 is 0 Å². The lowest BCUT2D eigenvalue weighted by atomic mass is 10.1. The predicted molar refractivity (Wildman–Crippen MR) is 61.2 cm³/mol. The second kappa shape index (κ2) is 4.45. The number of nitrogens with zero attached hydrogens (tertiary/aromatic N) is 2. The molecule has 2 aromatic heterocycles. The van der Waals surface area contributed by atoms with Gasteiger partial charge in [-0.25, -0.2) is 8.42 Å². The monoisotopic (exact) mass is 265 g/mol. The second-order valence-electron chi connectivity index (χ2n) is 3.53. The van der Waals surface area contributed by atoms with Gasteiger partial charge in [-0.2, -0.15) is 0 Å². The van der Waals surface area contributed by atoms with Gasteiger partial charge in [0.05, 0.1) is 11.4 Å². The molecule has 0 fully saturated rings. The zero-order valence-electron chi connectivity index (χ0n) is 9.09. The quantitative estimate of drug-likeness (QED) is 0.796. The van der Waals surface area contributed by atoms with Crippen LogP contribution in [0.4, 0.5) is 0 Å². The summed E-state index contributed by atoms with van der Waals surface area (Å²) in [6, 6.07) is 8.54. The fourth-order valence-electron chi connectivity index (χ4n) is 1.51. The van der Waals surface area contributed by atoms with Crippen LogP contribution >= 0.6 is 0 Å². The van der Waals surface area contributed by atoms with Crippen LogP contribution in [-0.2, 0) is 15.1 Å². The molecule has 0 radical (unpaired) electrons. The predicted octanol–water partition coefficient (Wildman–Crippen LogP) is 0.215. The molecule has 2 heterocycles. The van der Waals surface area contributed by atoms with E-state index in [9.17, 15) is 18.1 Å². The maximum atomic E-state index is 11.4. The van der Waals surface area contributed by atoms with Crippen LogP contribution in [0.5, 0.6) is 0 Å². The molecule has 0 atom stereocenters. The maximum absolute atomic E-state index is 11.4. The van der Waals surface area contributed by atoms with Gasteiger partial charge in [-0.15, -0.1) is 0 Å². The van der Waals surface area contributed by atoms with Crippen LogP contribution in [0, 0.1) is 0 Å². The number of pyridine rings is 2. The molecule has 0 bridgehead atoms. The van der Waals surface area contributed by atoms with Crippen LogP contribution in [0.3, 0.4) is 0 Å². The Morgan fingerprint density at radius 3 is 1.72 bits per heavy atom. The lowest BCUT2D eigenvalue weighted by Crippen LogP contribution is -2.38. The first-order valence-corrected chi connectivity index (χ1v) is 6.38. The minimum Gasteiger partial charge on any atom is -0.745 e. The van der Waals surface area contributed by atoms with Crippen molar-refractivity contribution in [1.29, 1.82) is 0 Å². The van der Waals surface area contributed by atoms with Gasteiger partial charge in [0.25, 0.3) is 0 Å². The topological polar surface area (TPSA) is 103 Å². The van der Waals surface area contributed by atoms with Crippen LogP contribution in [0.2, 0.25) is 0 Å². The van der Waals surface area contributed by atoms with E-state index in [1.807, 2.05) is 0 Å². The maximum Gasteiger partial charge on any atom is 0.239 e. The van der Waals surface area contributed by atoms with E-state index in [1.165, 1.54) is 36.7 Å². The molecule has 18 heavy (non-hydrogen) atoms. The molecule has 0 aliphatic carbocycles. The van der Waals surface area contributed by atoms with E-state index in [1.54, 1.807) is 12.1 Å². The van der Waals surface area contributed by atoms with Crippen molar-refractivity contribution < 1.29 is 18.1 Å². The Labute approximate surface area is 104 Å². The van der Waals surface area contributed by atoms with E-state index in [0.717, 1.165) is 0 Å². The van der Waals surface area contributed by atoms with Crippen LogP contribution in [0.25, 0.3) is 0 Å². The molecule has 94 valence electrons. The van der Waals surface area contributed by atoms with Crippen molar-refractivity contribution in [3.63, 3.8) is 0 Å². The standard InChI is InChI=1S/C11H10N2O4S/c14-11(18(15,16)17,9-5-1-3-7-12-9)10-6-2-4-8-13-10/h1-8,14H,(H,15,16,17)/p-1. The highest BCUT2D eigenvalue weighted by molar-refractivity contribution is 7.86. The highest BCUT2D eigenvalue weighted by Gasteiger charge is 2.41. The van der Waals surface area contributed by atoms with Crippen molar-refractivity contribution in [3.8, 4) is 0 Å². The molecule has 2 aromatic rings. The van der Waals surface area contributed by atoms with Crippen LogP contribution < -0.4 is 0 Å². The van der Waals surface area contributed by atoms with E-state index < -0.39 is 15.1 Å². The Balaban J connectivity index is 2.72. The molecule has 2 rings (SSSR count). The van der Waals surface area contributed by atoms with Gasteiger partial charge in [-0.3, -0.25) is 9.97 Å². The average Bonchev–Trinajstić information content (AvgIpc) is 2.38. The first-order valence-electron chi connectivity index (χ1n) is 4.97. The number of aromatic nitrogens is 2. The molecule has 0 saturated heterocycles. The lowest BCUT2D eigenvalue weighted by Gasteiger charge is -2.29. The van der Waals surface area contributed by atoms with Gasteiger partial charge in [-0.1, -0.05) is 12.1 Å². The first-order chi connectivity index (χ1) is 8.46. The number of hydrogen-bond acceptors (Lipinski definition) is 6. The van der Waals surface area contributed by atoms with Gasteiger partial charge in [0, 0.05) is 12.4 Å². The third kappa shape index (κ3) is 1.99. The van der Waals surface area contributed by atoms with Gasteiger partial charge in [0.1, 0.15) is 10.1 Å². The average molecular weight is 265 g/mol. The molecule has 0 spiro atoms. The molecule has 7 heteroatoms. The first kappa shape index (κ1) is 12.6. The fraction of sp³-hybridized carbons (Fsp3) is 0.0909. The molecular formula is C11H9N2O4S-. The van der Waals surface area contributed by atoms with E-state index in [-0.39, 0.29) is 11.4 Å². The molecule has 0 aliphatic rings. The summed E-state index contributed by atoms with van der Waals surface area (Å²) in [5.41, 5.74) is -0.558. The minimum absolute atomic E-state index is 0.279. The molecular weight excluding hydrogens is 256 g/mol. The third-order valence-electron chi connectivity index (χ3n) is 2.39. The SMILES string of the molecule is O=S(=O)([O-])C(O)(c1ccccn1)c1ccccn1. The van der Waals surface area contributed by atoms with Crippen LogP contribution in [-0.4, -0.2) is 28.0 Å². The number of aliphatic hydroxyl groups is 1. The molecule has 0 aromatic carbocycles. The fourth-order valence-corrected chi connectivity index (χ4v) is 2.27. The van der Waals surface area contributed by atoms with Gasteiger partial charge < -0.3 is 9.66 Å². The van der Waals surface area contributed by atoms with Crippen molar-refractivity contribution >= 4 is 10.1 Å². The summed E-state index contributed by atoms with van der Waals surface area (Å²) in [7, 11) is -5.09. The minimum atomic E-state index is -5.09. The summed E-state index contributed by atoms with van der Waals surface area (Å²) in [5.74, 6) is 0. The Hall–Kier alpha value is -1.83. The van der Waals surface area contributed by atoms with Crippen molar-refractivity contribution in [2.24, 2.45) is 0 Å². The van der Waals surface area contributed by atoms with Crippen molar-refractivity contribution in [2.75, 3.05) is 0 Å². The summed E-state index contributed by atoms with van der Waals surface area (Å²) < 4.78 is 34.1. The highest BCUT2D eigenvalue weighted by atomic mass is 32.2. The Bertz CT molecular complexity index is 589. The van der Waals surface area contributed by atoms with E-state index in [4.69, 9.17) is 0 Å². The largest absolute Gasteiger partial charge is 0.745 e. The summed E-state index contributed by atoms with van der Waals surface area (Å²) in [6.07, 6.45) is 2.57. The molecule has 0 saturated carbocycles. The highest BCUT2D eigenvalue weighted by Crippen LogP contribution is 2.31. The van der Waals surface area contributed by atoms with Crippen molar-refractivity contribution in [3.05, 3.63) is 60.2 Å². The third-order valence-corrected chi connectivity index (χ3v) is 3.53. The Kier molecular flexibility index (Phi) is 3.12.